The van der Waals surface area contributed by atoms with Crippen LogP contribution in [0.4, 0.5) is 11.4 Å². The fraction of sp³-hybridized carbons (Fsp3) is 0.696. The molecule has 9 heteroatoms. The van der Waals surface area contributed by atoms with Crippen LogP contribution in [0, 0.1) is 0 Å². The molecule has 32 heavy (non-hydrogen) atoms. The largest absolute Gasteiger partial charge is 0.372 e. The molecule has 1 amide bonds. The Morgan fingerprint density at radius 3 is 2.19 bits per heavy atom. The van der Waals surface area contributed by atoms with Gasteiger partial charge in [0, 0.05) is 63.7 Å². The zero-order valence-corrected chi connectivity index (χ0v) is 20.0. The van der Waals surface area contributed by atoms with Gasteiger partial charge in [-0.3, -0.25) is 9.69 Å². The number of amides is 1. The number of rotatable bonds is 7. The van der Waals surface area contributed by atoms with E-state index in [0.717, 1.165) is 44.5 Å². The van der Waals surface area contributed by atoms with E-state index in [0.29, 0.717) is 26.2 Å². The molecular weight excluding hydrogens is 426 g/mol. The Morgan fingerprint density at radius 1 is 0.938 bits per heavy atom. The molecule has 4 rings (SSSR count). The average Bonchev–Trinajstić information content (AvgIpc) is 3.35. The summed E-state index contributed by atoms with van der Waals surface area (Å²) in [5.41, 5.74) is 2.00. The maximum Gasteiger partial charge on any atom is 0.282 e. The van der Waals surface area contributed by atoms with Gasteiger partial charge in [-0.05, 0) is 49.9 Å². The molecule has 0 unspecified atom stereocenters. The molecule has 0 bridgehead atoms. The molecule has 1 saturated carbocycles. The number of carbonyl (C=O) groups excluding carboxylic acids is 1. The summed E-state index contributed by atoms with van der Waals surface area (Å²) in [7, 11) is -1.72. The van der Waals surface area contributed by atoms with Gasteiger partial charge in [0.1, 0.15) is 0 Å². The lowest BCUT2D eigenvalue weighted by Gasteiger charge is -2.38. The summed E-state index contributed by atoms with van der Waals surface area (Å²) in [6.45, 7) is 4.47. The van der Waals surface area contributed by atoms with Gasteiger partial charge in [-0.25, -0.2) is 0 Å². The molecule has 8 nitrogen and oxygen atoms in total. The minimum Gasteiger partial charge on any atom is -0.372 e. The van der Waals surface area contributed by atoms with Gasteiger partial charge in [-0.15, -0.1) is 0 Å². The summed E-state index contributed by atoms with van der Waals surface area (Å²) >= 11 is 0. The van der Waals surface area contributed by atoms with Crippen molar-refractivity contribution < 1.29 is 13.2 Å². The zero-order chi connectivity index (χ0) is 22.6. The smallest absolute Gasteiger partial charge is 0.282 e. The molecule has 3 aliphatic rings. The first kappa shape index (κ1) is 23.5. The third-order valence-electron chi connectivity index (χ3n) is 7.10. The lowest BCUT2D eigenvalue weighted by molar-refractivity contribution is -0.117. The van der Waals surface area contributed by atoms with E-state index >= 15 is 0 Å². The highest BCUT2D eigenvalue weighted by Crippen LogP contribution is 2.25. The summed E-state index contributed by atoms with van der Waals surface area (Å²) in [4.78, 5) is 16.9. The molecule has 2 heterocycles. The normalized spacial score (nSPS) is 21.9. The third-order valence-corrected chi connectivity index (χ3v) is 9.14. The fourth-order valence-electron chi connectivity index (χ4n) is 5.07. The van der Waals surface area contributed by atoms with Crippen LogP contribution in [0.25, 0.3) is 0 Å². The Kier molecular flexibility index (Phi) is 7.70. The van der Waals surface area contributed by atoms with Crippen molar-refractivity contribution in [1.29, 1.82) is 0 Å². The summed E-state index contributed by atoms with van der Waals surface area (Å²) in [6.07, 6.45) is 7.80. The topological polar surface area (TPSA) is 76.2 Å². The van der Waals surface area contributed by atoms with Crippen molar-refractivity contribution in [2.75, 3.05) is 63.1 Å². The second-order valence-corrected chi connectivity index (χ2v) is 11.3. The van der Waals surface area contributed by atoms with E-state index in [2.05, 4.69) is 22.3 Å². The first-order valence-electron chi connectivity index (χ1n) is 12.0. The molecule has 1 N–H and O–H groups in total. The number of anilines is 2. The predicted octanol–water partition coefficient (Wildman–Crippen LogP) is 2.35. The summed E-state index contributed by atoms with van der Waals surface area (Å²) in [5.74, 6) is -0.0606. The minimum atomic E-state index is -3.44. The van der Waals surface area contributed by atoms with Crippen molar-refractivity contribution in [1.82, 2.24) is 13.5 Å². The van der Waals surface area contributed by atoms with Crippen LogP contribution in [0.5, 0.6) is 0 Å². The number of nitrogens with zero attached hydrogens (tertiary/aromatic N) is 4. The highest BCUT2D eigenvalue weighted by atomic mass is 32.2. The van der Waals surface area contributed by atoms with Crippen LogP contribution in [-0.4, -0.2) is 86.7 Å². The van der Waals surface area contributed by atoms with Gasteiger partial charge < -0.3 is 10.2 Å². The second kappa shape index (κ2) is 10.5. The van der Waals surface area contributed by atoms with Gasteiger partial charge in [0.2, 0.25) is 5.91 Å². The standard InChI is InChI=1S/C23H37N5O3S/c1-25(21-7-3-2-4-8-21)32(30,31)28-17-15-26(16-18-28)19-23(29)24-20-9-11-22(12-10-20)27-13-5-6-14-27/h9-12,21H,2-8,13-19H2,1H3,(H,24,29). The zero-order valence-electron chi connectivity index (χ0n) is 19.2. The van der Waals surface area contributed by atoms with Crippen molar-refractivity contribution in [2.45, 2.75) is 51.0 Å². The van der Waals surface area contributed by atoms with Crippen molar-refractivity contribution in [2.24, 2.45) is 0 Å². The van der Waals surface area contributed by atoms with Crippen LogP contribution in [-0.2, 0) is 15.0 Å². The van der Waals surface area contributed by atoms with E-state index in [9.17, 15) is 13.2 Å². The molecule has 3 fully saturated rings. The van der Waals surface area contributed by atoms with Crippen LogP contribution in [0.2, 0.25) is 0 Å². The van der Waals surface area contributed by atoms with E-state index in [4.69, 9.17) is 0 Å². The van der Waals surface area contributed by atoms with Gasteiger partial charge in [0.15, 0.2) is 0 Å². The van der Waals surface area contributed by atoms with E-state index in [-0.39, 0.29) is 18.5 Å². The Balaban J connectivity index is 1.23. The fourth-order valence-corrected chi connectivity index (χ4v) is 6.64. The molecule has 178 valence electrons. The third kappa shape index (κ3) is 5.62. The average molecular weight is 464 g/mol. The molecule has 1 aliphatic carbocycles. The van der Waals surface area contributed by atoms with Gasteiger partial charge in [-0.2, -0.15) is 17.0 Å². The van der Waals surface area contributed by atoms with E-state index in [1.807, 2.05) is 17.0 Å². The van der Waals surface area contributed by atoms with Crippen LogP contribution in [0.3, 0.4) is 0 Å². The second-order valence-electron chi connectivity index (χ2n) is 9.28. The summed E-state index contributed by atoms with van der Waals surface area (Å²) < 4.78 is 29.2. The number of benzene rings is 1. The van der Waals surface area contributed by atoms with Crippen LogP contribution in [0.15, 0.2) is 24.3 Å². The lowest BCUT2D eigenvalue weighted by atomic mass is 9.96. The van der Waals surface area contributed by atoms with Crippen molar-refractivity contribution in [3.63, 3.8) is 0 Å². The maximum absolute atomic E-state index is 13.0. The monoisotopic (exact) mass is 463 g/mol. The number of hydrogen-bond donors (Lipinski definition) is 1. The van der Waals surface area contributed by atoms with Crippen LogP contribution < -0.4 is 10.2 Å². The first-order valence-corrected chi connectivity index (χ1v) is 13.4. The van der Waals surface area contributed by atoms with Gasteiger partial charge in [0.05, 0.1) is 6.54 Å². The summed E-state index contributed by atoms with van der Waals surface area (Å²) in [6, 6.07) is 8.16. The maximum atomic E-state index is 13.0. The molecule has 2 saturated heterocycles. The molecule has 0 atom stereocenters. The van der Waals surface area contributed by atoms with Gasteiger partial charge in [-0.1, -0.05) is 19.3 Å². The lowest BCUT2D eigenvalue weighted by Crippen LogP contribution is -2.55. The SMILES string of the molecule is CN(C1CCCCC1)S(=O)(=O)N1CCN(CC(=O)Nc2ccc(N3CCCC3)cc2)CC1. The summed E-state index contributed by atoms with van der Waals surface area (Å²) in [5, 5.41) is 2.97. The number of carbonyl (C=O) groups is 1. The highest BCUT2D eigenvalue weighted by Gasteiger charge is 2.34. The van der Waals surface area contributed by atoms with Crippen LogP contribution in [0.1, 0.15) is 44.9 Å². The number of piperazine rings is 1. The van der Waals surface area contributed by atoms with E-state index in [1.165, 1.54) is 24.9 Å². The Labute approximate surface area is 192 Å². The van der Waals surface area contributed by atoms with Crippen molar-refractivity contribution in [3.05, 3.63) is 24.3 Å². The molecular formula is C23H37N5O3S. The van der Waals surface area contributed by atoms with Gasteiger partial charge in [0.25, 0.3) is 10.2 Å². The molecule has 0 spiro atoms. The number of nitrogens with one attached hydrogen (secondary N) is 1. The minimum absolute atomic E-state index is 0.0606. The Hall–Kier alpha value is -1.68. The van der Waals surface area contributed by atoms with Crippen molar-refractivity contribution in [3.8, 4) is 0 Å². The van der Waals surface area contributed by atoms with Crippen molar-refractivity contribution >= 4 is 27.5 Å². The molecule has 2 aliphatic heterocycles. The molecule has 0 aromatic heterocycles. The molecule has 1 aromatic rings. The Morgan fingerprint density at radius 2 is 1.56 bits per heavy atom. The van der Waals surface area contributed by atoms with Gasteiger partial charge >= 0.3 is 0 Å². The van der Waals surface area contributed by atoms with Crippen LogP contribution >= 0.6 is 0 Å². The molecule has 1 aromatic carbocycles. The molecule has 0 radical (unpaired) electrons. The highest BCUT2D eigenvalue weighted by molar-refractivity contribution is 7.86. The van der Waals surface area contributed by atoms with E-state index in [1.54, 1.807) is 15.7 Å². The number of hydrogen-bond acceptors (Lipinski definition) is 5. The quantitative estimate of drug-likeness (QED) is 0.672. The predicted molar refractivity (Wildman–Crippen MR) is 128 cm³/mol. The first-order chi connectivity index (χ1) is 15.4. The van der Waals surface area contributed by atoms with E-state index < -0.39 is 10.2 Å². The Bertz CT molecular complexity index is 856.